The van der Waals surface area contributed by atoms with Crippen LogP contribution in [0.2, 0.25) is 0 Å². The minimum absolute atomic E-state index is 0.0513. The number of methoxy groups -OCH3 is 1. The van der Waals surface area contributed by atoms with E-state index in [1.54, 1.807) is 64.3 Å². The van der Waals surface area contributed by atoms with Crippen LogP contribution in [0.1, 0.15) is 33.6 Å². The van der Waals surface area contributed by atoms with E-state index < -0.39 is 52.6 Å². The van der Waals surface area contributed by atoms with Gasteiger partial charge in [-0.1, -0.05) is 54.6 Å². The highest BCUT2D eigenvalue weighted by molar-refractivity contribution is 7.90. The van der Waals surface area contributed by atoms with Crippen molar-refractivity contribution in [1.29, 1.82) is 0 Å². The van der Waals surface area contributed by atoms with Crippen LogP contribution in [0.15, 0.2) is 102 Å². The molecule has 2 N–H and O–H groups in total. The van der Waals surface area contributed by atoms with Crippen molar-refractivity contribution in [3.63, 3.8) is 0 Å². The van der Waals surface area contributed by atoms with E-state index in [2.05, 4.69) is 16.6 Å². The molecule has 3 aromatic carbocycles. The molecule has 5 atom stereocenters. The summed E-state index contributed by atoms with van der Waals surface area (Å²) >= 11 is -1.84. The van der Waals surface area contributed by atoms with Crippen molar-refractivity contribution >= 4 is 40.2 Å². The summed E-state index contributed by atoms with van der Waals surface area (Å²) in [6.45, 7) is 9.12. The van der Waals surface area contributed by atoms with E-state index in [-0.39, 0.29) is 25.3 Å². The summed E-state index contributed by atoms with van der Waals surface area (Å²) in [5.41, 5.74) is 0.0331. The Morgan fingerprint density at radius 2 is 1.74 bits per heavy atom. The Labute approximate surface area is 294 Å². The number of hydrogen-bond acceptors (Lipinski definition) is 8. The van der Waals surface area contributed by atoms with Gasteiger partial charge in [-0.25, -0.2) is 9.78 Å². The Hall–Kier alpha value is -5.07. The monoisotopic (exact) mass is 696 g/mol. The Kier molecular flexibility index (Phi) is 9.77. The molecular weight excluding hydrogens is 657 g/mol. The van der Waals surface area contributed by atoms with Crippen molar-refractivity contribution < 1.29 is 33.1 Å². The average Bonchev–Trinajstić information content (AvgIpc) is 3.66. The molecule has 11 nitrogen and oxygen atoms in total. The van der Waals surface area contributed by atoms with Gasteiger partial charge in [-0.15, -0.1) is 6.58 Å². The maximum absolute atomic E-state index is 14.1. The smallest absolute Gasteiger partial charge is 0.411 e. The zero-order chi connectivity index (χ0) is 35.6. The third kappa shape index (κ3) is 7.41. The standard InChI is InChI=1S/C38H40N4O7S/c1-6-25-22-38(25,35(44)41-50(46)28-15-11-8-12-16-28)40-34(43)32-20-27(23-42(32)36(45)49-37(2,3)4)48-33-21-30(24-13-9-7-10-14-24)39-31-19-26(47-5)17-18-29(31)33/h6-19,21,25,27,32H,1,20,22-23H2,2-5H3,(H,40,43)(H,41,44)/t25?,27-,32+,38-,50?/m1/s1. The molecule has 1 saturated carbocycles. The minimum Gasteiger partial charge on any atom is -0.588 e. The molecule has 4 aromatic rings. The SMILES string of the molecule is C=CC1C[C@]1(NC(=O)[C@@H]1C[C@@H](Oc2cc(-c3ccccc3)nc3cc(OC)ccc23)CN1C(=O)OC(C)(C)C)C(=O)N[S+]([O-])c1ccccc1. The van der Waals surface area contributed by atoms with E-state index in [9.17, 15) is 18.9 Å². The predicted molar refractivity (Wildman–Crippen MR) is 190 cm³/mol. The molecular formula is C38H40N4O7S. The van der Waals surface area contributed by atoms with Crippen LogP contribution in [0.25, 0.3) is 22.2 Å². The van der Waals surface area contributed by atoms with Gasteiger partial charge in [-0.3, -0.25) is 14.5 Å². The second-order valence-electron chi connectivity index (χ2n) is 13.4. The van der Waals surface area contributed by atoms with Crippen molar-refractivity contribution in [3.8, 4) is 22.8 Å². The Bertz CT molecular complexity index is 1900. The third-order valence-corrected chi connectivity index (χ3v) is 9.80. The van der Waals surface area contributed by atoms with Crippen molar-refractivity contribution in [2.75, 3.05) is 13.7 Å². The van der Waals surface area contributed by atoms with Gasteiger partial charge in [0.1, 0.15) is 46.1 Å². The minimum atomic E-state index is -1.84. The number of carbonyl (C=O) groups excluding carboxylic acids is 3. The van der Waals surface area contributed by atoms with Crippen LogP contribution in [-0.4, -0.2) is 69.3 Å². The molecule has 1 aromatic heterocycles. The van der Waals surface area contributed by atoms with Gasteiger partial charge < -0.3 is 24.1 Å². The number of aromatic nitrogens is 1. The molecule has 2 fully saturated rings. The molecule has 6 rings (SSSR count). The molecule has 0 radical (unpaired) electrons. The summed E-state index contributed by atoms with van der Waals surface area (Å²) < 4.78 is 33.2. The third-order valence-electron chi connectivity index (χ3n) is 8.73. The number of benzene rings is 3. The summed E-state index contributed by atoms with van der Waals surface area (Å²) in [5, 5.41) is 3.62. The first kappa shape index (κ1) is 34.8. The highest BCUT2D eigenvalue weighted by Crippen LogP contribution is 2.45. The van der Waals surface area contributed by atoms with Gasteiger partial charge in [-0.2, -0.15) is 4.72 Å². The molecule has 12 heteroatoms. The summed E-state index contributed by atoms with van der Waals surface area (Å²) in [5.74, 6) is -0.377. The maximum atomic E-state index is 14.1. The van der Waals surface area contributed by atoms with E-state index >= 15 is 0 Å². The number of hydrogen-bond donors (Lipinski definition) is 2. The lowest BCUT2D eigenvalue weighted by atomic mass is 10.1. The zero-order valence-electron chi connectivity index (χ0n) is 28.4. The molecule has 50 heavy (non-hydrogen) atoms. The lowest BCUT2D eigenvalue weighted by Crippen LogP contribution is -2.56. The van der Waals surface area contributed by atoms with Crippen LogP contribution in [0.4, 0.5) is 4.79 Å². The van der Waals surface area contributed by atoms with Gasteiger partial charge in [-0.05, 0) is 51.5 Å². The van der Waals surface area contributed by atoms with Gasteiger partial charge in [0.15, 0.2) is 4.90 Å². The van der Waals surface area contributed by atoms with Crippen LogP contribution >= 0.6 is 0 Å². The fourth-order valence-corrected chi connectivity index (χ4v) is 6.98. The molecule has 1 saturated heterocycles. The largest absolute Gasteiger partial charge is 0.588 e. The van der Waals surface area contributed by atoms with Gasteiger partial charge >= 0.3 is 6.09 Å². The zero-order valence-corrected chi connectivity index (χ0v) is 29.2. The number of likely N-dealkylation sites (tertiary alicyclic amines) is 1. The predicted octanol–water partition coefficient (Wildman–Crippen LogP) is 5.57. The number of fused-ring (bicyclic) bond motifs is 1. The van der Waals surface area contributed by atoms with Gasteiger partial charge in [0.25, 0.3) is 5.91 Å². The normalized spacial score (nSPS) is 21.9. The number of amides is 3. The quantitative estimate of drug-likeness (QED) is 0.162. The van der Waals surface area contributed by atoms with Crippen LogP contribution < -0.4 is 19.5 Å². The van der Waals surface area contributed by atoms with Gasteiger partial charge in [0, 0.05) is 35.4 Å². The summed E-state index contributed by atoms with van der Waals surface area (Å²) in [6.07, 6.45) is 0.689. The van der Waals surface area contributed by atoms with Crippen LogP contribution in [0.5, 0.6) is 11.5 Å². The molecule has 2 unspecified atom stereocenters. The molecule has 0 bridgehead atoms. The molecule has 2 aliphatic rings. The Balaban J connectivity index is 1.27. The van der Waals surface area contributed by atoms with E-state index in [1.165, 1.54) is 4.90 Å². The molecule has 1 aliphatic heterocycles. The number of carbonyl (C=O) groups is 3. The first-order valence-corrected chi connectivity index (χ1v) is 17.5. The van der Waals surface area contributed by atoms with E-state index in [0.29, 0.717) is 27.6 Å². The first-order valence-electron chi connectivity index (χ1n) is 16.3. The molecule has 3 amide bonds. The molecule has 0 spiro atoms. The van der Waals surface area contributed by atoms with Gasteiger partial charge in [0.05, 0.1) is 24.9 Å². The molecule has 1 aliphatic carbocycles. The van der Waals surface area contributed by atoms with Crippen LogP contribution in [0.3, 0.4) is 0 Å². The summed E-state index contributed by atoms with van der Waals surface area (Å²) in [6, 6.07) is 24.5. The Morgan fingerprint density at radius 3 is 2.38 bits per heavy atom. The topological polar surface area (TPSA) is 142 Å². The van der Waals surface area contributed by atoms with Crippen molar-refractivity contribution in [3.05, 3.63) is 97.6 Å². The van der Waals surface area contributed by atoms with E-state index in [4.69, 9.17) is 19.2 Å². The van der Waals surface area contributed by atoms with Crippen LogP contribution in [-0.2, 0) is 25.7 Å². The average molecular weight is 697 g/mol. The number of nitrogens with one attached hydrogen (secondary N) is 2. The Morgan fingerprint density at radius 1 is 1.04 bits per heavy atom. The van der Waals surface area contributed by atoms with Crippen LogP contribution in [0, 0.1) is 5.92 Å². The summed E-state index contributed by atoms with van der Waals surface area (Å²) in [7, 11) is 1.59. The van der Waals surface area contributed by atoms with E-state index in [0.717, 1.165) is 10.9 Å². The molecule has 260 valence electrons. The van der Waals surface area contributed by atoms with Crippen molar-refractivity contribution in [1.82, 2.24) is 19.9 Å². The molecule has 2 heterocycles. The van der Waals surface area contributed by atoms with E-state index in [1.807, 2.05) is 54.6 Å². The highest BCUT2D eigenvalue weighted by Gasteiger charge is 2.62. The number of rotatable bonds is 10. The fraction of sp³-hybridized carbons (Fsp3) is 0.316. The van der Waals surface area contributed by atoms with Crippen molar-refractivity contribution in [2.24, 2.45) is 5.92 Å². The number of pyridine rings is 1. The second kappa shape index (κ2) is 14.0. The van der Waals surface area contributed by atoms with Crippen molar-refractivity contribution in [2.45, 2.75) is 61.8 Å². The lowest BCUT2D eigenvalue weighted by molar-refractivity contribution is -0.131. The lowest BCUT2D eigenvalue weighted by Gasteiger charge is -2.29. The fourth-order valence-electron chi connectivity index (χ4n) is 6.11. The second-order valence-corrected chi connectivity index (χ2v) is 14.6. The maximum Gasteiger partial charge on any atom is 0.411 e. The highest BCUT2D eigenvalue weighted by atomic mass is 32.2. The van der Waals surface area contributed by atoms with Gasteiger partial charge in [0.2, 0.25) is 5.91 Å². The summed E-state index contributed by atoms with van der Waals surface area (Å²) in [4.78, 5) is 47.8. The first-order chi connectivity index (χ1) is 23.9. The number of ether oxygens (including phenoxy) is 3. The number of nitrogens with zero attached hydrogens (tertiary/aromatic N) is 2.